The molecule has 1 rings (SSSR count). The summed E-state index contributed by atoms with van der Waals surface area (Å²) in [6.07, 6.45) is 2.95. The highest BCUT2D eigenvalue weighted by Crippen LogP contribution is 2.02. The molecule has 0 aromatic carbocycles. The van der Waals surface area contributed by atoms with Crippen LogP contribution in [0, 0.1) is 5.82 Å². The fourth-order valence-electron chi connectivity index (χ4n) is 1.40. The van der Waals surface area contributed by atoms with Crippen molar-refractivity contribution in [3.8, 4) is 0 Å². The van der Waals surface area contributed by atoms with Crippen LogP contribution < -0.4 is 11.1 Å². The Morgan fingerprint density at radius 3 is 3.00 bits per heavy atom. The Hall–Kier alpha value is -1.53. The lowest BCUT2D eigenvalue weighted by Gasteiger charge is -2.16. The molecule has 0 radical (unpaired) electrons. The molecular formula is C11H16FN3O2. The fourth-order valence-corrected chi connectivity index (χ4v) is 1.40. The molecule has 1 amide bonds. The number of pyridine rings is 1. The summed E-state index contributed by atoms with van der Waals surface area (Å²) in [6.45, 7) is 0.807. The van der Waals surface area contributed by atoms with E-state index in [1.165, 1.54) is 6.20 Å². The lowest BCUT2D eigenvalue weighted by atomic mass is 10.2. The average Bonchev–Trinajstić information content (AvgIpc) is 2.29. The maximum Gasteiger partial charge on any atom is 0.253 e. The van der Waals surface area contributed by atoms with E-state index in [2.05, 4.69) is 10.3 Å². The van der Waals surface area contributed by atoms with Crippen LogP contribution in [0.1, 0.15) is 16.8 Å². The second-order valence-corrected chi connectivity index (χ2v) is 3.59. The van der Waals surface area contributed by atoms with E-state index >= 15 is 0 Å². The molecule has 0 aliphatic carbocycles. The largest absolute Gasteiger partial charge is 0.383 e. The Morgan fingerprint density at radius 2 is 2.41 bits per heavy atom. The van der Waals surface area contributed by atoms with E-state index in [1.54, 1.807) is 7.11 Å². The molecule has 0 aliphatic rings. The number of nitrogens with zero attached hydrogens (tertiary/aromatic N) is 1. The highest BCUT2D eigenvalue weighted by Gasteiger charge is 2.13. The second kappa shape index (κ2) is 6.93. The van der Waals surface area contributed by atoms with Gasteiger partial charge in [-0.1, -0.05) is 0 Å². The van der Waals surface area contributed by atoms with Crippen LogP contribution in [-0.4, -0.2) is 37.2 Å². The van der Waals surface area contributed by atoms with Crippen LogP contribution in [0.3, 0.4) is 0 Å². The summed E-state index contributed by atoms with van der Waals surface area (Å²) in [4.78, 5) is 15.4. The van der Waals surface area contributed by atoms with Gasteiger partial charge in [-0.3, -0.25) is 9.78 Å². The Kier molecular flexibility index (Phi) is 5.51. The number of aromatic nitrogens is 1. The van der Waals surface area contributed by atoms with Gasteiger partial charge in [0.2, 0.25) is 0 Å². The number of nitrogens with one attached hydrogen (secondary N) is 1. The molecule has 94 valence electrons. The van der Waals surface area contributed by atoms with Crippen LogP contribution in [0.25, 0.3) is 0 Å². The fraction of sp³-hybridized carbons (Fsp3) is 0.455. The smallest absolute Gasteiger partial charge is 0.253 e. The molecule has 3 N–H and O–H groups in total. The van der Waals surface area contributed by atoms with Gasteiger partial charge in [0.25, 0.3) is 5.91 Å². The molecule has 0 fully saturated rings. The number of hydrogen-bond donors (Lipinski definition) is 2. The highest BCUT2D eigenvalue weighted by molar-refractivity contribution is 5.94. The van der Waals surface area contributed by atoms with Crippen molar-refractivity contribution < 1.29 is 13.9 Å². The van der Waals surface area contributed by atoms with Crippen LogP contribution in [-0.2, 0) is 4.74 Å². The number of rotatable bonds is 6. The van der Waals surface area contributed by atoms with Crippen molar-refractivity contribution in [3.05, 3.63) is 29.8 Å². The molecule has 0 bridgehead atoms. The number of amides is 1. The van der Waals surface area contributed by atoms with E-state index in [0.717, 1.165) is 12.3 Å². The molecule has 0 spiro atoms. The van der Waals surface area contributed by atoms with Crippen molar-refractivity contribution in [2.75, 3.05) is 20.3 Å². The third kappa shape index (κ3) is 4.46. The van der Waals surface area contributed by atoms with E-state index in [-0.39, 0.29) is 17.5 Å². The summed E-state index contributed by atoms with van der Waals surface area (Å²) in [5, 5.41) is 2.71. The van der Waals surface area contributed by atoms with Crippen LogP contribution in [0.2, 0.25) is 0 Å². The van der Waals surface area contributed by atoms with E-state index in [1.807, 2.05) is 0 Å². The average molecular weight is 241 g/mol. The quantitative estimate of drug-likeness (QED) is 0.751. The minimum atomic E-state index is -0.542. The second-order valence-electron chi connectivity index (χ2n) is 3.59. The molecule has 1 aromatic rings. The lowest BCUT2D eigenvalue weighted by Crippen LogP contribution is -2.39. The van der Waals surface area contributed by atoms with E-state index in [4.69, 9.17) is 10.5 Å². The van der Waals surface area contributed by atoms with Gasteiger partial charge in [0.05, 0.1) is 24.4 Å². The van der Waals surface area contributed by atoms with Crippen LogP contribution in [0.4, 0.5) is 4.39 Å². The first-order valence-corrected chi connectivity index (χ1v) is 5.27. The van der Waals surface area contributed by atoms with Gasteiger partial charge < -0.3 is 15.8 Å². The topological polar surface area (TPSA) is 77.2 Å². The van der Waals surface area contributed by atoms with Crippen LogP contribution in [0.15, 0.2) is 18.5 Å². The van der Waals surface area contributed by atoms with Gasteiger partial charge in [-0.05, 0) is 19.0 Å². The predicted molar refractivity (Wildman–Crippen MR) is 61.0 cm³/mol. The molecule has 1 unspecified atom stereocenters. The summed E-state index contributed by atoms with van der Waals surface area (Å²) in [5.41, 5.74) is 5.60. The zero-order chi connectivity index (χ0) is 12.7. The molecule has 1 atom stereocenters. The molecule has 0 saturated heterocycles. The molecular weight excluding hydrogens is 225 g/mol. The van der Waals surface area contributed by atoms with Gasteiger partial charge in [0.15, 0.2) is 0 Å². The van der Waals surface area contributed by atoms with Gasteiger partial charge in [0.1, 0.15) is 5.82 Å². The first kappa shape index (κ1) is 13.5. The number of carbonyl (C=O) groups excluding carboxylic acids is 1. The Bertz CT molecular complexity index is 367. The van der Waals surface area contributed by atoms with E-state index in [0.29, 0.717) is 19.6 Å². The van der Waals surface area contributed by atoms with Crippen molar-refractivity contribution in [1.29, 1.82) is 0 Å². The zero-order valence-electron chi connectivity index (χ0n) is 9.65. The molecule has 5 nitrogen and oxygen atoms in total. The van der Waals surface area contributed by atoms with Gasteiger partial charge >= 0.3 is 0 Å². The van der Waals surface area contributed by atoms with Gasteiger partial charge in [-0.25, -0.2) is 4.39 Å². The third-order valence-electron chi connectivity index (χ3n) is 2.19. The van der Waals surface area contributed by atoms with Crippen molar-refractivity contribution in [2.24, 2.45) is 5.73 Å². The van der Waals surface area contributed by atoms with E-state index in [9.17, 15) is 9.18 Å². The predicted octanol–water partition coefficient (Wildman–Crippen LogP) is 0.314. The SMILES string of the molecule is COCC(CCN)NC(=O)c1cncc(F)c1. The molecule has 1 heterocycles. The minimum Gasteiger partial charge on any atom is -0.383 e. The van der Waals surface area contributed by atoms with Crippen molar-refractivity contribution >= 4 is 5.91 Å². The lowest BCUT2D eigenvalue weighted by molar-refractivity contribution is 0.0892. The third-order valence-corrected chi connectivity index (χ3v) is 2.19. The Morgan fingerprint density at radius 1 is 1.65 bits per heavy atom. The summed E-state index contributed by atoms with van der Waals surface area (Å²) < 4.78 is 17.8. The molecule has 0 saturated carbocycles. The van der Waals surface area contributed by atoms with Crippen molar-refractivity contribution in [2.45, 2.75) is 12.5 Å². The van der Waals surface area contributed by atoms with Crippen molar-refractivity contribution in [3.63, 3.8) is 0 Å². The monoisotopic (exact) mass is 241 g/mol. The number of carbonyl (C=O) groups is 1. The number of hydrogen-bond acceptors (Lipinski definition) is 4. The van der Waals surface area contributed by atoms with Gasteiger partial charge in [-0.2, -0.15) is 0 Å². The maximum atomic E-state index is 12.9. The minimum absolute atomic E-state index is 0.180. The Balaban J connectivity index is 2.63. The van der Waals surface area contributed by atoms with Crippen LogP contribution in [0.5, 0.6) is 0 Å². The molecule has 1 aromatic heterocycles. The summed E-state index contributed by atoms with van der Waals surface area (Å²) in [6, 6.07) is 0.954. The number of halogens is 1. The number of nitrogens with two attached hydrogens (primary N) is 1. The standard InChI is InChI=1S/C11H16FN3O2/c1-17-7-10(2-3-13)15-11(16)8-4-9(12)6-14-5-8/h4-6,10H,2-3,7,13H2,1H3,(H,15,16). The molecule has 6 heteroatoms. The number of ether oxygens (including phenoxy) is 1. The maximum absolute atomic E-state index is 12.9. The van der Waals surface area contributed by atoms with Gasteiger partial charge in [0, 0.05) is 13.3 Å². The zero-order valence-corrected chi connectivity index (χ0v) is 9.65. The summed E-state index contributed by atoms with van der Waals surface area (Å²) in [5.74, 6) is -0.924. The van der Waals surface area contributed by atoms with Crippen LogP contribution >= 0.6 is 0 Å². The first-order chi connectivity index (χ1) is 8.17. The normalized spacial score (nSPS) is 12.2. The molecule has 0 aliphatic heterocycles. The van der Waals surface area contributed by atoms with E-state index < -0.39 is 5.82 Å². The first-order valence-electron chi connectivity index (χ1n) is 5.27. The Labute approximate surface area is 99.2 Å². The van der Waals surface area contributed by atoms with Gasteiger partial charge in [-0.15, -0.1) is 0 Å². The molecule has 17 heavy (non-hydrogen) atoms. The summed E-state index contributed by atoms with van der Waals surface area (Å²) in [7, 11) is 1.54. The highest BCUT2D eigenvalue weighted by atomic mass is 19.1. The summed E-state index contributed by atoms with van der Waals surface area (Å²) >= 11 is 0. The van der Waals surface area contributed by atoms with Crippen molar-refractivity contribution in [1.82, 2.24) is 10.3 Å². The number of methoxy groups -OCH3 is 1.